The van der Waals surface area contributed by atoms with E-state index in [2.05, 4.69) is 15.5 Å². The van der Waals surface area contributed by atoms with E-state index >= 15 is 0 Å². The molecule has 1 amide bonds. The molecule has 0 aliphatic heterocycles. The van der Waals surface area contributed by atoms with Gasteiger partial charge in [-0.3, -0.25) is 4.79 Å². The van der Waals surface area contributed by atoms with Gasteiger partial charge in [0.25, 0.3) is 5.91 Å². The van der Waals surface area contributed by atoms with Crippen LogP contribution in [0.5, 0.6) is 5.75 Å². The summed E-state index contributed by atoms with van der Waals surface area (Å²) in [5, 5.41) is 7.10. The van der Waals surface area contributed by atoms with Crippen molar-refractivity contribution in [3.8, 4) is 5.75 Å². The second kappa shape index (κ2) is 6.63. The highest BCUT2D eigenvalue weighted by Crippen LogP contribution is 2.37. The highest BCUT2D eigenvalue weighted by Gasteiger charge is 2.41. The largest absolute Gasteiger partial charge is 0.484 e. The normalized spacial score (nSPS) is 16.1. The van der Waals surface area contributed by atoms with Gasteiger partial charge in [-0.15, -0.1) is 0 Å². The molecule has 0 bridgehead atoms. The van der Waals surface area contributed by atoms with Crippen molar-refractivity contribution < 1.29 is 14.1 Å². The Balaban J connectivity index is 1.66. The third kappa shape index (κ3) is 3.42. The number of carbonyl (C=O) groups is 1. The monoisotopic (exact) mass is 329 g/mol. The summed E-state index contributed by atoms with van der Waals surface area (Å²) in [6.45, 7) is 5.73. The molecule has 128 valence electrons. The highest BCUT2D eigenvalue weighted by atomic mass is 16.5. The topological polar surface area (TPSA) is 77.2 Å². The fourth-order valence-corrected chi connectivity index (χ4v) is 3.28. The van der Waals surface area contributed by atoms with E-state index in [0.29, 0.717) is 11.7 Å². The molecule has 0 unspecified atom stereocenters. The summed E-state index contributed by atoms with van der Waals surface area (Å²) in [6.07, 6.45) is 3.71. The number of hydrogen-bond acceptors (Lipinski definition) is 5. The van der Waals surface area contributed by atoms with E-state index < -0.39 is 5.54 Å². The van der Waals surface area contributed by atoms with Gasteiger partial charge in [-0.1, -0.05) is 35.7 Å². The van der Waals surface area contributed by atoms with Gasteiger partial charge in [0.05, 0.1) is 0 Å². The molecule has 0 radical (unpaired) electrons. The van der Waals surface area contributed by atoms with Gasteiger partial charge in [0, 0.05) is 6.92 Å². The van der Waals surface area contributed by atoms with Crippen molar-refractivity contribution in [2.45, 2.75) is 52.0 Å². The van der Waals surface area contributed by atoms with Crippen LogP contribution in [0.4, 0.5) is 0 Å². The van der Waals surface area contributed by atoms with Crippen molar-refractivity contribution >= 4 is 5.91 Å². The van der Waals surface area contributed by atoms with Gasteiger partial charge in [0.1, 0.15) is 11.3 Å². The van der Waals surface area contributed by atoms with E-state index in [1.54, 1.807) is 6.92 Å². The van der Waals surface area contributed by atoms with Crippen LogP contribution in [-0.2, 0) is 10.3 Å². The van der Waals surface area contributed by atoms with Gasteiger partial charge < -0.3 is 14.6 Å². The van der Waals surface area contributed by atoms with Crippen molar-refractivity contribution in [1.82, 2.24) is 15.5 Å². The molecule has 1 aromatic carbocycles. The van der Waals surface area contributed by atoms with E-state index in [9.17, 15) is 4.79 Å². The molecule has 1 aliphatic rings. The summed E-state index contributed by atoms with van der Waals surface area (Å²) in [7, 11) is 0. The van der Waals surface area contributed by atoms with Crippen LogP contribution in [0.3, 0.4) is 0 Å². The summed E-state index contributed by atoms with van der Waals surface area (Å²) in [4.78, 5) is 16.7. The zero-order chi connectivity index (χ0) is 17.2. The molecule has 2 aromatic rings. The Morgan fingerprint density at radius 3 is 2.67 bits per heavy atom. The van der Waals surface area contributed by atoms with Crippen LogP contribution in [0.1, 0.15) is 48.5 Å². The molecule has 0 atom stereocenters. The number of benzene rings is 1. The Kier molecular flexibility index (Phi) is 4.55. The van der Waals surface area contributed by atoms with Crippen molar-refractivity contribution in [2.75, 3.05) is 6.61 Å². The van der Waals surface area contributed by atoms with E-state index in [-0.39, 0.29) is 12.5 Å². The molecule has 1 N–H and O–H groups in total. The maximum Gasteiger partial charge on any atom is 0.258 e. The van der Waals surface area contributed by atoms with Gasteiger partial charge >= 0.3 is 0 Å². The Hall–Kier alpha value is -2.37. The first-order valence-electron chi connectivity index (χ1n) is 8.30. The van der Waals surface area contributed by atoms with Gasteiger partial charge in [-0.2, -0.15) is 4.98 Å². The van der Waals surface area contributed by atoms with Crippen LogP contribution < -0.4 is 10.1 Å². The summed E-state index contributed by atoms with van der Waals surface area (Å²) in [5.74, 6) is 1.64. The second-order valence-electron chi connectivity index (χ2n) is 6.53. The number of aromatic nitrogens is 2. The van der Waals surface area contributed by atoms with E-state index in [0.717, 1.165) is 37.0 Å². The average Bonchev–Trinajstić information content (AvgIpc) is 3.16. The van der Waals surface area contributed by atoms with Crippen molar-refractivity contribution in [3.05, 3.63) is 41.0 Å². The van der Waals surface area contributed by atoms with Crippen LogP contribution >= 0.6 is 0 Å². The lowest BCUT2D eigenvalue weighted by Crippen LogP contribution is -2.46. The smallest absolute Gasteiger partial charge is 0.258 e. The molecule has 0 spiro atoms. The molecule has 24 heavy (non-hydrogen) atoms. The summed E-state index contributed by atoms with van der Waals surface area (Å²) in [5.41, 5.74) is 1.66. The number of amides is 1. The van der Waals surface area contributed by atoms with Gasteiger partial charge in [-0.05, 0) is 38.3 Å². The van der Waals surface area contributed by atoms with Crippen molar-refractivity contribution in [3.63, 3.8) is 0 Å². The number of nitrogens with one attached hydrogen (secondary N) is 1. The van der Waals surface area contributed by atoms with Crippen LogP contribution in [0.2, 0.25) is 0 Å². The van der Waals surface area contributed by atoms with Crippen LogP contribution in [0, 0.1) is 20.8 Å². The lowest BCUT2D eigenvalue weighted by Gasteiger charge is -2.26. The summed E-state index contributed by atoms with van der Waals surface area (Å²) >= 11 is 0. The van der Waals surface area contributed by atoms with Crippen LogP contribution in [0.25, 0.3) is 0 Å². The fraction of sp³-hybridized carbons (Fsp3) is 0.500. The first-order chi connectivity index (χ1) is 11.5. The molecule has 3 rings (SSSR count). The molecule has 1 aromatic heterocycles. The standard InChI is InChI=1S/C18H23N3O3/c1-12-6-7-15(13(2)10-12)23-11-16(22)20-18(8-4-5-9-18)17-19-14(3)24-21-17/h6-7,10H,4-5,8-9,11H2,1-3H3,(H,20,22). The van der Waals surface area contributed by atoms with E-state index in [1.165, 1.54) is 5.56 Å². The SMILES string of the molecule is Cc1ccc(OCC(=O)NC2(c3noc(C)n3)CCCC2)c(C)c1. The maximum absolute atomic E-state index is 12.4. The van der Waals surface area contributed by atoms with E-state index in [4.69, 9.17) is 9.26 Å². The third-order valence-electron chi connectivity index (χ3n) is 4.48. The molecular formula is C18H23N3O3. The average molecular weight is 329 g/mol. The highest BCUT2D eigenvalue weighted by molar-refractivity contribution is 5.78. The maximum atomic E-state index is 12.4. The predicted molar refractivity (Wildman–Crippen MR) is 88.7 cm³/mol. The first-order valence-corrected chi connectivity index (χ1v) is 8.30. The molecule has 1 fully saturated rings. The summed E-state index contributed by atoms with van der Waals surface area (Å²) in [6, 6.07) is 5.90. The molecule has 6 nitrogen and oxygen atoms in total. The van der Waals surface area contributed by atoms with Crippen LogP contribution in [-0.4, -0.2) is 22.7 Å². The molecule has 1 aliphatic carbocycles. The quantitative estimate of drug-likeness (QED) is 0.912. The molecule has 6 heteroatoms. The summed E-state index contributed by atoms with van der Waals surface area (Å²) < 4.78 is 10.8. The Morgan fingerprint density at radius 2 is 2.04 bits per heavy atom. The van der Waals surface area contributed by atoms with Crippen LogP contribution in [0.15, 0.2) is 22.7 Å². The number of carbonyl (C=O) groups excluding carboxylic acids is 1. The Morgan fingerprint density at radius 1 is 1.29 bits per heavy atom. The zero-order valence-electron chi connectivity index (χ0n) is 14.4. The first kappa shape index (κ1) is 16.5. The number of aryl methyl sites for hydroxylation is 3. The molecule has 1 saturated carbocycles. The molecule has 1 heterocycles. The van der Waals surface area contributed by atoms with E-state index in [1.807, 2.05) is 32.0 Å². The van der Waals surface area contributed by atoms with Gasteiger partial charge in [0.15, 0.2) is 12.4 Å². The minimum absolute atomic E-state index is 0.0253. The van der Waals surface area contributed by atoms with Gasteiger partial charge in [-0.25, -0.2) is 0 Å². The minimum Gasteiger partial charge on any atom is -0.484 e. The number of ether oxygens (including phenoxy) is 1. The van der Waals surface area contributed by atoms with Gasteiger partial charge in [0.2, 0.25) is 5.89 Å². The number of rotatable bonds is 5. The third-order valence-corrected chi connectivity index (χ3v) is 4.48. The number of nitrogens with zero attached hydrogens (tertiary/aromatic N) is 2. The fourth-order valence-electron chi connectivity index (χ4n) is 3.28. The van der Waals surface area contributed by atoms with Crippen molar-refractivity contribution in [2.24, 2.45) is 0 Å². The number of hydrogen-bond donors (Lipinski definition) is 1. The Bertz CT molecular complexity index is 733. The zero-order valence-corrected chi connectivity index (χ0v) is 14.4. The minimum atomic E-state index is -0.527. The second-order valence-corrected chi connectivity index (χ2v) is 6.53. The Labute approximate surface area is 141 Å². The lowest BCUT2D eigenvalue weighted by atomic mass is 9.96. The molecule has 0 saturated heterocycles. The predicted octanol–water partition coefficient (Wildman–Crippen LogP) is 2.96. The molecular weight excluding hydrogens is 306 g/mol. The lowest BCUT2D eigenvalue weighted by molar-refractivity contribution is -0.125. The van der Waals surface area contributed by atoms with Crippen molar-refractivity contribution in [1.29, 1.82) is 0 Å².